The average molecular weight is 664 g/mol. The second-order valence-electron chi connectivity index (χ2n) is 14.6. The molecular weight excluding hydrogens is 615 g/mol. The molecule has 2 fully saturated rings. The number of likely N-dealkylation sites (tertiary alicyclic amines) is 1. The van der Waals surface area contributed by atoms with Crippen LogP contribution in [0.25, 0.3) is 0 Å². The first kappa shape index (κ1) is 36.5. The van der Waals surface area contributed by atoms with Gasteiger partial charge in [0, 0.05) is 42.4 Å². The number of carboxylic acid groups (broad SMARTS) is 1. The number of nitrogens with one attached hydrogen (secondary N) is 1. The summed E-state index contributed by atoms with van der Waals surface area (Å²) >= 11 is 0. The van der Waals surface area contributed by atoms with Gasteiger partial charge >= 0.3 is 12.1 Å². The summed E-state index contributed by atoms with van der Waals surface area (Å²) < 4.78 is 58.5. The minimum absolute atomic E-state index is 0.0244. The number of carbonyl (C=O) groups is 2. The lowest BCUT2D eigenvalue weighted by molar-refractivity contribution is -0.159. The van der Waals surface area contributed by atoms with Crippen LogP contribution >= 0.6 is 0 Å². The number of pyridine rings is 1. The van der Waals surface area contributed by atoms with Gasteiger partial charge in [-0.1, -0.05) is 53.7 Å². The highest BCUT2D eigenvalue weighted by Gasteiger charge is 2.58. The third kappa shape index (κ3) is 8.02. The molecule has 5 atom stereocenters. The minimum Gasteiger partial charge on any atom is -0.496 e. The number of halogens is 3. The normalized spacial score (nSPS) is 23.9. The van der Waals surface area contributed by atoms with Gasteiger partial charge in [0.1, 0.15) is 17.9 Å². The van der Waals surface area contributed by atoms with Gasteiger partial charge in [-0.2, -0.15) is 13.2 Å². The number of carboxylic acids is 1. The smallest absolute Gasteiger partial charge is 0.417 e. The molecule has 0 spiro atoms. The van der Waals surface area contributed by atoms with Gasteiger partial charge in [-0.3, -0.25) is 4.79 Å². The van der Waals surface area contributed by atoms with Gasteiger partial charge < -0.3 is 29.5 Å². The summed E-state index contributed by atoms with van der Waals surface area (Å²) in [4.78, 5) is 32.8. The molecule has 2 aliphatic rings. The molecule has 1 amide bonds. The van der Waals surface area contributed by atoms with Crippen LogP contribution in [0.1, 0.15) is 83.1 Å². The first-order valence-corrected chi connectivity index (χ1v) is 16.1. The number of carbonyl (C=O) groups excluding carboxylic acids is 1. The molecule has 0 saturated carbocycles. The molecule has 260 valence electrons. The summed E-state index contributed by atoms with van der Waals surface area (Å²) in [6, 6.07) is 4.08. The molecule has 9 nitrogen and oxygen atoms in total. The summed E-state index contributed by atoms with van der Waals surface area (Å²) in [5.74, 6) is -1.70. The summed E-state index contributed by atoms with van der Waals surface area (Å²) in [5, 5.41) is 14.3. The summed E-state index contributed by atoms with van der Waals surface area (Å²) in [6.45, 7) is 12.7. The Morgan fingerprint density at radius 2 is 1.70 bits per heavy atom. The molecule has 0 unspecified atom stereocenters. The molecule has 0 aliphatic carbocycles. The van der Waals surface area contributed by atoms with Crippen molar-refractivity contribution in [3.8, 4) is 11.6 Å². The minimum atomic E-state index is -4.67. The fourth-order valence-corrected chi connectivity index (χ4v) is 6.98. The fourth-order valence-electron chi connectivity index (χ4n) is 6.98. The van der Waals surface area contributed by atoms with Crippen molar-refractivity contribution in [1.82, 2.24) is 15.2 Å². The molecule has 2 N–H and O–H groups in total. The zero-order valence-corrected chi connectivity index (χ0v) is 28.5. The predicted molar refractivity (Wildman–Crippen MR) is 170 cm³/mol. The van der Waals surface area contributed by atoms with Crippen molar-refractivity contribution in [2.45, 2.75) is 110 Å². The lowest BCUT2D eigenvalue weighted by atomic mass is 9.72. The Balaban J connectivity index is 1.87. The number of nitrogens with zero attached hydrogens (tertiary/aromatic N) is 2. The van der Waals surface area contributed by atoms with E-state index in [1.54, 1.807) is 7.11 Å². The van der Waals surface area contributed by atoms with Crippen LogP contribution in [0.5, 0.6) is 11.6 Å². The molecule has 2 saturated heterocycles. The second-order valence-corrected chi connectivity index (χ2v) is 14.6. The summed E-state index contributed by atoms with van der Waals surface area (Å²) in [7, 11) is 2.89. The van der Waals surface area contributed by atoms with Gasteiger partial charge in [0.25, 0.3) is 5.91 Å². The number of aromatic nitrogens is 1. The van der Waals surface area contributed by atoms with Crippen LogP contribution in [0.3, 0.4) is 0 Å². The Kier molecular flexibility index (Phi) is 10.9. The zero-order chi connectivity index (χ0) is 34.9. The van der Waals surface area contributed by atoms with E-state index in [-0.39, 0.29) is 29.8 Å². The first-order chi connectivity index (χ1) is 21.9. The van der Waals surface area contributed by atoms with Crippen molar-refractivity contribution >= 4 is 11.9 Å². The van der Waals surface area contributed by atoms with E-state index >= 15 is 0 Å². The maximum absolute atomic E-state index is 14.3. The van der Waals surface area contributed by atoms with E-state index in [0.717, 1.165) is 30.0 Å². The summed E-state index contributed by atoms with van der Waals surface area (Å²) in [6.07, 6.45) is -2.99. The van der Waals surface area contributed by atoms with Crippen LogP contribution in [0.2, 0.25) is 0 Å². The van der Waals surface area contributed by atoms with Gasteiger partial charge in [0.05, 0.1) is 25.8 Å². The number of rotatable bonds is 9. The topological polar surface area (TPSA) is 110 Å². The number of benzene rings is 1. The standard InChI is InChI=1S/C35H48F3N3O6/c1-33(2,3)22-12-13-25(45-7)21(16-22)18-39-28-24(17-20-15-23(35(36,37)38)19-40-30(20)46-8)41(31(42)26-11-9-10-14-47-26)29(32(43)44)27(28)34(4,5)6/h12-13,15-16,19,24,26-29,39H,9-11,14,17-18H2,1-8H3,(H,43,44)/t24-,26-,27-,28+,29-/m0/s1. The van der Waals surface area contributed by atoms with Crippen LogP contribution in [-0.2, 0) is 38.9 Å². The SMILES string of the molecule is COc1ccc(C(C)(C)C)cc1CN[C@H]1[C@H](C(C)(C)C)[C@@H](C(=O)O)N(C(=O)[C@@H]2CCCCO2)[C@H]1Cc1cc(C(F)(F)F)cnc1OC. The number of amides is 1. The third-order valence-electron chi connectivity index (χ3n) is 9.31. The first-order valence-electron chi connectivity index (χ1n) is 16.1. The number of hydrogen-bond donors (Lipinski definition) is 2. The monoisotopic (exact) mass is 663 g/mol. The van der Waals surface area contributed by atoms with Gasteiger partial charge in [0.15, 0.2) is 0 Å². The highest BCUT2D eigenvalue weighted by molar-refractivity contribution is 5.88. The Hall–Kier alpha value is -3.38. The molecule has 0 bridgehead atoms. The number of alkyl halides is 3. The zero-order valence-electron chi connectivity index (χ0n) is 28.5. The van der Waals surface area contributed by atoms with Gasteiger partial charge in [-0.25, -0.2) is 9.78 Å². The highest BCUT2D eigenvalue weighted by atomic mass is 19.4. The van der Waals surface area contributed by atoms with E-state index in [1.165, 1.54) is 12.0 Å². The maximum atomic E-state index is 14.3. The molecule has 1 aromatic heterocycles. The van der Waals surface area contributed by atoms with E-state index in [1.807, 2.05) is 39.0 Å². The van der Waals surface area contributed by atoms with Crippen LogP contribution in [0.4, 0.5) is 13.2 Å². The van der Waals surface area contributed by atoms with E-state index < -0.39 is 59.2 Å². The molecule has 47 heavy (non-hydrogen) atoms. The predicted octanol–water partition coefficient (Wildman–Crippen LogP) is 6.01. The Morgan fingerprint density at radius 1 is 1.02 bits per heavy atom. The number of aliphatic carboxylic acids is 1. The van der Waals surface area contributed by atoms with Crippen LogP contribution < -0.4 is 14.8 Å². The van der Waals surface area contributed by atoms with Gasteiger partial charge in [-0.05, 0) is 54.2 Å². The molecule has 1 aromatic carbocycles. The van der Waals surface area contributed by atoms with Crippen LogP contribution in [-0.4, -0.2) is 71.9 Å². The van der Waals surface area contributed by atoms with E-state index in [4.69, 9.17) is 14.2 Å². The highest BCUT2D eigenvalue weighted by Crippen LogP contribution is 2.45. The molecule has 0 radical (unpaired) electrons. The summed E-state index contributed by atoms with van der Waals surface area (Å²) in [5.41, 5.74) is 0.254. The number of methoxy groups -OCH3 is 2. The van der Waals surface area contributed by atoms with Crippen molar-refractivity contribution in [2.75, 3.05) is 20.8 Å². The quantitative estimate of drug-likeness (QED) is 0.336. The number of hydrogen-bond acceptors (Lipinski definition) is 7. The average Bonchev–Trinajstić information content (AvgIpc) is 3.33. The third-order valence-corrected chi connectivity index (χ3v) is 9.31. The molecule has 4 rings (SSSR count). The molecular formula is C35H48F3N3O6. The van der Waals surface area contributed by atoms with Crippen LogP contribution in [0, 0.1) is 11.3 Å². The van der Waals surface area contributed by atoms with Crippen molar-refractivity contribution in [3.63, 3.8) is 0 Å². The molecule has 2 aliphatic heterocycles. The van der Waals surface area contributed by atoms with E-state index in [2.05, 4.69) is 31.1 Å². The van der Waals surface area contributed by atoms with E-state index in [0.29, 0.717) is 25.0 Å². The Bertz CT molecular complexity index is 1430. The second kappa shape index (κ2) is 14.0. The van der Waals surface area contributed by atoms with Crippen molar-refractivity contribution in [1.29, 1.82) is 0 Å². The largest absolute Gasteiger partial charge is 0.496 e. The Labute approximate surface area is 275 Å². The van der Waals surface area contributed by atoms with Crippen molar-refractivity contribution in [3.05, 3.63) is 52.7 Å². The van der Waals surface area contributed by atoms with Crippen molar-refractivity contribution in [2.24, 2.45) is 11.3 Å². The van der Waals surface area contributed by atoms with Crippen LogP contribution in [0.15, 0.2) is 30.5 Å². The fraction of sp³-hybridized carbons (Fsp3) is 0.629. The maximum Gasteiger partial charge on any atom is 0.417 e. The molecule has 3 heterocycles. The van der Waals surface area contributed by atoms with Crippen molar-refractivity contribution < 1.29 is 42.1 Å². The molecule has 12 heteroatoms. The molecule has 2 aromatic rings. The lowest BCUT2D eigenvalue weighted by Gasteiger charge is -2.36. The van der Waals surface area contributed by atoms with Gasteiger partial charge in [0.2, 0.25) is 5.88 Å². The number of ether oxygens (including phenoxy) is 3. The lowest BCUT2D eigenvalue weighted by Crippen LogP contribution is -2.53. The Morgan fingerprint density at radius 3 is 2.23 bits per heavy atom. The van der Waals surface area contributed by atoms with Gasteiger partial charge in [-0.15, -0.1) is 0 Å². The van der Waals surface area contributed by atoms with E-state index in [9.17, 15) is 27.9 Å².